The molecule has 2 fully saturated rings. The van der Waals surface area contributed by atoms with Gasteiger partial charge in [0.05, 0.1) is 12.5 Å². The van der Waals surface area contributed by atoms with Crippen LogP contribution in [0.4, 0.5) is 0 Å². The Bertz CT molecular complexity index is 523. The van der Waals surface area contributed by atoms with Gasteiger partial charge in [0.1, 0.15) is 12.1 Å². The predicted octanol–water partition coefficient (Wildman–Crippen LogP) is -0.282. The Labute approximate surface area is 127 Å². The van der Waals surface area contributed by atoms with Gasteiger partial charge in [0.25, 0.3) is 10.2 Å². The summed E-state index contributed by atoms with van der Waals surface area (Å²) in [6.45, 7) is 2.04. The van der Waals surface area contributed by atoms with Crippen LogP contribution in [0.25, 0.3) is 0 Å². The van der Waals surface area contributed by atoms with Crippen molar-refractivity contribution < 1.29 is 27.9 Å². The Morgan fingerprint density at radius 3 is 2.67 bits per heavy atom. The van der Waals surface area contributed by atoms with Gasteiger partial charge in [-0.15, -0.1) is 11.8 Å². The van der Waals surface area contributed by atoms with Crippen molar-refractivity contribution in [2.24, 2.45) is 0 Å². The molecule has 2 atom stereocenters. The highest BCUT2D eigenvalue weighted by Crippen LogP contribution is 2.30. The smallest absolute Gasteiger partial charge is 0.324 e. The summed E-state index contributed by atoms with van der Waals surface area (Å²) in [6, 6.07) is -1.93. The van der Waals surface area contributed by atoms with E-state index >= 15 is 0 Å². The van der Waals surface area contributed by atoms with E-state index in [1.165, 1.54) is 11.8 Å². The number of thioether (sulfide) groups is 1. The molecular weight excluding hydrogens is 320 g/mol. The third kappa shape index (κ3) is 3.17. The van der Waals surface area contributed by atoms with Crippen LogP contribution in [-0.4, -0.2) is 70.9 Å². The SMILES string of the molecule is CCOC(=O)C1CCCN1S(=O)(=O)N1CSC[C@H]1C(=O)O. The van der Waals surface area contributed by atoms with Crippen LogP contribution in [0.5, 0.6) is 0 Å². The van der Waals surface area contributed by atoms with Gasteiger partial charge in [-0.25, -0.2) is 0 Å². The van der Waals surface area contributed by atoms with E-state index in [9.17, 15) is 18.0 Å². The second-order valence-corrected chi connectivity index (χ2v) is 7.60. The van der Waals surface area contributed by atoms with Crippen molar-refractivity contribution in [2.45, 2.75) is 31.8 Å². The molecule has 2 aliphatic heterocycles. The van der Waals surface area contributed by atoms with Gasteiger partial charge in [-0.2, -0.15) is 17.0 Å². The number of carboxylic acid groups (broad SMARTS) is 1. The minimum atomic E-state index is -3.98. The number of rotatable bonds is 5. The Morgan fingerprint density at radius 2 is 2.05 bits per heavy atom. The third-order valence-electron chi connectivity index (χ3n) is 3.48. The maximum atomic E-state index is 12.6. The third-order valence-corrected chi connectivity index (χ3v) is 6.66. The van der Waals surface area contributed by atoms with E-state index in [4.69, 9.17) is 9.84 Å². The molecule has 1 N–H and O–H groups in total. The van der Waals surface area contributed by atoms with Gasteiger partial charge in [0, 0.05) is 12.3 Å². The van der Waals surface area contributed by atoms with Crippen LogP contribution in [0.1, 0.15) is 19.8 Å². The molecule has 2 saturated heterocycles. The van der Waals surface area contributed by atoms with Crippen LogP contribution in [0.2, 0.25) is 0 Å². The molecule has 10 heteroatoms. The van der Waals surface area contributed by atoms with Gasteiger partial charge in [0.2, 0.25) is 0 Å². The minimum absolute atomic E-state index is 0.0886. The van der Waals surface area contributed by atoms with Gasteiger partial charge in [-0.05, 0) is 19.8 Å². The normalized spacial score (nSPS) is 27.9. The van der Waals surface area contributed by atoms with Crippen molar-refractivity contribution in [1.82, 2.24) is 8.61 Å². The lowest BCUT2D eigenvalue weighted by Gasteiger charge is -2.29. The molecule has 2 rings (SSSR count). The van der Waals surface area contributed by atoms with Crippen molar-refractivity contribution in [3.8, 4) is 0 Å². The molecule has 0 radical (unpaired) electrons. The Hall–Kier alpha value is -0.840. The summed E-state index contributed by atoms with van der Waals surface area (Å²) in [5.41, 5.74) is 0. The highest BCUT2D eigenvalue weighted by Gasteiger charge is 2.47. The predicted molar refractivity (Wildman–Crippen MR) is 75.9 cm³/mol. The fraction of sp³-hybridized carbons (Fsp3) is 0.818. The molecule has 0 aliphatic carbocycles. The van der Waals surface area contributed by atoms with Crippen molar-refractivity contribution >= 4 is 33.9 Å². The van der Waals surface area contributed by atoms with E-state index in [0.29, 0.717) is 12.8 Å². The second-order valence-electron chi connectivity index (χ2n) is 4.77. The lowest BCUT2D eigenvalue weighted by molar-refractivity contribution is -0.146. The molecular formula is C11H18N2O6S2. The Morgan fingerprint density at radius 1 is 1.33 bits per heavy atom. The Kier molecular flexibility index (Phi) is 5.12. The highest BCUT2D eigenvalue weighted by atomic mass is 32.2. The summed E-state index contributed by atoms with van der Waals surface area (Å²) in [5, 5.41) is 9.12. The minimum Gasteiger partial charge on any atom is -0.480 e. The number of aliphatic carboxylic acids is 1. The van der Waals surface area contributed by atoms with E-state index in [0.717, 1.165) is 8.61 Å². The van der Waals surface area contributed by atoms with E-state index in [1.54, 1.807) is 6.92 Å². The molecule has 8 nitrogen and oxygen atoms in total. The van der Waals surface area contributed by atoms with Crippen molar-refractivity contribution in [3.05, 3.63) is 0 Å². The number of ether oxygens (including phenoxy) is 1. The molecule has 0 amide bonds. The largest absolute Gasteiger partial charge is 0.480 e. The molecule has 0 aromatic heterocycles. The average molecular weight is 338 g/mol. The summed E-state index contributed by atoms with van der Waals surface area (Å²) in [6.07, 6.45) is 0.957. The van der Waals surface area contributed by atoms with Crippen LogP contribution in [0, 0.1) is 0 Å². The number of carbonyl (C=O) groups excluding carboxylic acids is 1. The fourth-order valence-corrected chi connectivity index (χ4v) is 5.96. The number of carboxylic acids is 1. The summed E-state index contributed by atoms with van der Waals surface area (Å²) in [4.78, 5) is 23.0. The topological polar surface area (TPSA) is 104 Å². The standard InChI is InChI=1S/C11H18N2O6S2/c1-2-19-11(16)8-4-3-5-12(8)21(17,18)13-7-20-6-9(13)10(14)15/h8-9H,2-7H2,1H3,(H,14,15)/t8?,9-/m0/s1. The first kappa shape index (κ1) is 16.5. The number of esters is 1. The van der Waals surface area contributed by atoms with Crippen LogP contribution >= 0.6 is 11.8 Å². The zero-order valence-corrected chi connectivity index (χ0v) is 13.2. The zero-order valence-electron chi connectivity index (χ0n) is 11.6. The van der Waals surface area contributed by atoms with Gasteiger partial charge in [-0.1, -0.05) is 0 Å². The first-order chi connectivity index (χ1) is 9.89. The van der Waals surface area contributed by atoms with Crippen LogP contribution < -0.4 is 0 Å². The number of nitrogens with zero attached hydrogens (tertiary/aromatic N) is 2. The van der Waals surface area contributed by atoms with Crippen molar-refractivity contribution in [2.75, 3.05) is 24.8 Å². The lowest BCUT2D eigenvalue weighted by atomic mass is 10.2. The van der Waals surface area contributed by atoms with E-state index in [-0.39, 0.29) is 24.8 Å². The lowest BCUT2D eigenvalue weighted by Crippen LogP contribution is -2.52. The van der Waals surface area contributed by atoms with E-state index < -0.39 is 34.2 Å². The quantitative estimate of drug-likeness (QED) is 0.687. The van der Waals surface area contributed by atoms with Crippen molar-refractivity contribution in [3.63, 3.8) is 0 Å². The fourth-order valence-electron chi connectivity index (χ4n) is 2.47. The maximum absolute atomic E-state index is 12.6. The number of carbonyl (C=O) groups is 2. The van der Waals surface area contributed by atoms with E-state index in [1.807, 2.05) is 0 Å². The molecule has 0 bridgehead atoms. The highest BCUT2D eigenvalue weighted by molar-refractivity contribution is 8.00. The molecule has 0 spiro atoms. The average Bonchev–Trinajstić information content (AvgIpc) is 3.08. The molecule has 120 valence electrons. The monoisotopic (exact) mass is 338 g/mol. The summed E-state index contributed by atoms with van der Waals surface area (Å²) < 4.78 is 32.2. The molecule has 2 heterocycles. The zero-order chi connectivity index (χ0) is 15.6. The summed E-state index contributed by atoms with van der Waals surface area (Å²) in [5.74, 6) is -1.44. The first-order valence-corrected chi connectivity index (χ1v) is 9.20. The van der Waals surface area contributed by atoms with Crippen LogP contribution in [0.3, 0.4) is 0 Å². The second kappa shape index (κ2) is 6.51. The Balaban J connectivity index is 2.22. The summed E-state index contributed by atoms with van der Waals surface area (Å²) in [7, 11) is -3.98. The molecule has 21 heavy (non-hydrogen) atoms. The molecule has 0 saturated carbocycles. The first-order valence-electron chi connectivity index (χ1n) is 6.65. The van der Waals surface area contributed by atoms with Gasteiger partial charge >= 0.3 is 11.9 Å². The molecule has 0 aromatic rings. The van der Waals surface area contributed by atoms with Crippen LogP contribution in [-0.2, 0) is 24.5 Å². The van der Waals surface area contributed by atoms with Gasteiger partial charge < -0.3 is 9.84 Å². The summed E-state index contributed by atoms with van der Waals surface area (Å²) >= 11 is 1.25. The maximum Gasteiger partial charge on any atom is 0.324 e. The molecule has 0 aromatic carbocycles. The molecule has 1 unspecified atom stereocenters. The number of hydrogen-bond acceptors (Lipinski definition) is 6. The van der Waals surface area contributed by atoms with Gasteiger partial charge in [-0.3, -0.25) is 9.59 Å². The van der Waals surface area contributed by atoms with Crippen molar-refractivity contribution in [1.29, 1.82) is 0 Å². The van der Waals surface area contributed by atoms with Gasteiger partial charge in [0.15, 0.2) is 0 Å². The van der Waals surface area contributed by atoms with Crippen LogP contribution in [0.15, 0.2) is 0 Å². The van der Waals surface area contributed by atoms with E-state index in [2.05, 4.69) is 0 Å². The molecule has 2 aliphatic rings. The number of hydrogen-bond donors (Lipinski definition) is 1.